The Labute approximate surface area is 55.9 Å². The summed E-state index contributed by atoms with van der Waals surface area (Å²) in [5.41, 5.74) is 0. The van der Waals surface area contributed by atoms with Gasteiger partial charge in [0.25, 0.3) is 0 Å². The van der Waals surface area contributed by atoms with Crippen LogP contribution in [-0.2, 0) is 28.9 Å². The molecule has 6 heteroatoms. The van der Waals surface area contributed by atoms with Crippen LogP contribution in [0, 0.1) is 0 Å². The van der Waals surface area contributed by atoms with Gasteiger partial charge in [-0.05, 0) is 0 Å². The SMILES string of the molecule is [O]=[Ru](=[O])(=[O])=[O].[PbH2]. The predicted octanol–water partition coefficient (Wildman–Crippen LogP) is -1.39. The Morgan fingerprint density at radius 2 is 0.833 bits per heavy atom. The molecule has 0 saturated carbocycles. The van der Waals surface area contributed by atoms with Crippen molar-refractivity contribution in [2.75, 3.05) is 0 Å². The first kappa shape index (κ1) is 9.89. The van der Waals surface area contributed by atoms with Crippen LogP contribution in [-0.4, -0.2) is 27.3 Å². The molecule has 0 N–H and O–H groups in total. The predicted molar refractivity (Wildman–Crippen MR) is 11.3 cm³/mol. The Kier molecular flexibility index (Phi) is 4.69. The Morgan fingerprint density at radius 3 is 0.833 bits per heavy atom. The van der Waals surface area contributed by atoms with Crippen molar-refractivity contribution in [3.63, 3.8) is 0 Å². The summed E-state index contributed by atoms with van der Waals surface area (Å²) in [5, 5.41) is 0. The number of rotatable bonds is 0. The average Bonchev–Trinajstić information content (AvgIpc) is 0.722. The second-order valence-electron chi connectivity index (χ2n) is 0.354. The Balaban J connectivity index is 0. The first-order chi connectivity index (χ1) is 2.00. The molecule has 0 heterocycles. The van der Waals surface area contributed by atoms with E-state index in [2.05, 4.69) is 0 Å². The molecule has 0 spiro atoms. The molecule has 0 rings (SSSR count). The van der Waals surface area contributed by atoms with Crippen LogP contribution >= 0.6 is 0 Å². The summed E-state index contributed by atoms with van der Waals surface area (Å²) in [4.78, 5) is 0. The summed E-state index contributed by atoms with van der Waals surface area (Å²) in [6.45, 7) is 0. The third-order valence-corrected chi connectivity index (χ3v) is 0. The van der Waals surface area contributed by atoms with Gasteiger partial charge in [0.1, 0.15) is 0 Å². The third kappa shape index (κ3) is 120. The van der Waals surface area contributed by atoms with E-state index < -0.39 is 14.6 Å². The quantitative estimate of drug-likeness (QED) is 0.490. The van der Waals surface area contributed by atoms with Crippen LogP contribution in [0.25, 0.3) is 0 Å². The molecule has 0 atom stereocenters. The molecule has 4 nitrogen and oxygen atoms in total. The van der Waals surface area contributed by atoms with Crippen molar-refractivity contribution >= 4 is 27.3 Å². The van der Waals surface area contributed by atoms with Gasteiger partial charge in [-0.3, -0.25) is 0 Å². The molecule has 0 aromatic rings. The molecule has 0 aliphatic rings. The van der Waals surface area contributed by atoms with Crippen LogP contribution in [0.1, 0.15) is 0 Å². The summed E-state index contributed by atoms with van der Waals surface area (Å²) in [6.07, 6.45) is 0. The molecule has 0 unspecified atom stereocenters. The molecule has 0 aromatic heterocycles. The fourth-order valence-corrected chi connectivity index (χ4v) is 0. The average molecular weight is 374 g/mol. The van der Waals surface area contributed by atoms with Crippen molar-refractivity contribution in [3.8, 4) is 0 Å². The summed E-state index contributed by atoms with van der Waals surface area (Å²) in [6, 6.07) is 0. The molecule has 2 radical (unpaired) electrons. The Bertz CT molecular complexity index is 159. The molecule has 0 aromatic carbocycles. The summed E-state index contributed by atoms with van der Waals surface area (Å²) in [5.74, 6) is 0. The molecular weight excluding hydrogens is 372 g/mol. The number of hydrogen-bond donors (Lipinski definition) is 0. The van der Waals surface area contributed by atoms with E-state index in [0.717, 1.165) is 0 Å². The van der Waals surface area contributed by atoms with Gasteiger partial charge in [0, 0.05) is 0 Å². The molecule has 0 amide bonds. The van der Waals surface area contributed by atoms with E-state index in [-0.39, 0.29) is 27.3 Å². The molecule has 0 fully saturated rings. The van der Waals surface area contributed by atoms with Crippen LogP contribution in [0.5, 0.6) is 0 Å². The van der Waals surface area contributed by atoms with Gasteiger partial charge >= 0.3 is 56.2 Å². The zero-order chi connectivity index (χ0) is 4.50. The van der Waals surface area contributed by atoms with Crippen molar-refractivity contribution in [1.82, 2.24) is 0 Å². The van der Waals surface area contributed by atoms with Crippen molar-refractivity contribution in [2.45, 2.75) is 0 Å². The standard InChI is InChI=1S/4O.Pb.Ru.2H. The normalized spacial score (nSPS) is 9.33. The van der Waals surface area contributed by atoms with Gasteiger partial charge in [0.15, 0.2) is 0 Å². The topological polar surface area (TPSA) is 68.3 Å². The van der Waals surface area contributed by atoms with Crippen molar-refractivity contribution in [1.29, 1.82) is 0 Å². The summed E-state index contributed by atoms with van der Waals surface area (Å²) < 4.78 is 34.4. The second-order valence-corrected chi connectivity index (χ2v) is 2.09. The number of hydrogen-bond acceptors (Lipinski definition) is 4. The van der Waals surface area contributed by atoms with Gasteiger partial charge < -0.3 is 0 Å². The maximum absolute atomic E-state index is 8.61. The van der Waals surface area contributed by atoms with Gasteiger partial charge in [0.2, 0.25) is 0 Å². The summed E-state index contributed by atoms with van der Waals surface area (Å²) >= 11 is -5.86. The van der Waals surface area contributed by atoms with E-state index in [4.69, 9.17) is 14.3 Å². The van der Waals surface area contributed by atoms with Gasteiger partial charge in [-0.25, -0.2) is 0 Å². The fourth-order valence-electron chi connectivity index (χ4n) is 0. The van der Waals surface area contributed by atoms with Crippen LogP contribution in [0.2, 0.25) is 0 Å². The molecule has 0 aliphatic heterocycles. The van der Waals surface area contributed by atoms with Crippen LogP contribution in [0.4, 0.5) is 0 Å². The van der Waals surface area contributed by atoms with Crippen LogP contribution in [0.15, 0.2) is 0 Å². The van der Waals surface area contributed by atoms with Gasteiger partial charge in [-0.1, -0.05) is 0 Å². The minimum absolute atomic E-state index is 0. The zero-order valence-corrected chi connectivity index (χ0v) is 9.93. The monoisotopic (exact) mass is 376 g/mol. The van der Waals surface area contributed by atoms with E-state index in [9.17, 15) is 0 Å². The molecule has 0 saturated heterocycles. The zero-order valence-electron chi connectivity index (χ0n) is 2.69. The van der Waals surface area contributed by atoms with Gasteiger partial charge in [-0.2, -0.15) is 0 Å². The van der Waals surface area contributed by atoms with E-state index in [1.165, 1.54) is 0 Å². The fraction of sp³-hybridized carbons (Fsp3) is 0. The van der Waals surface area contributed by atoms with E-state index in [1.54, 1.807) is 0 Å². The van der Waals surface area contributed by atoms with Crippen molar-refractivity contribution < 1.29 is 28.9 Å². The molecule has 38 valence electrons. The van der Waals surface area contributed by atoms with E-state index >= 15 is 0 Å². The second kappa shape index (κ2) is 2.84. The minimum atomic E-state index is -5.86. The first-order valence-corrected chi connectivity index (χ1v) is 3.42. The molecule has 6 heavy (non-hydrogen) atoms. The van der Waals surface area contributed by atoms with Gasteiger partial charge in [-0.15, -0.1) is 0 Å². The summed E-state index contributed by atoms with van der Waals surface area (Å²) in [7, 11) is 0. The van der Waals surface area contributed by atoms with E-state index in [1.807, 2.05) is 0 Å². The maximum atomic E-state index is 8.61. The Hall–Kier alpha value is 0.745. The molecular formula is H2O4PbRu. The van der Waals surface area contributed by atoms with Crippen LogP contribution < -0.4 is 0 Å². The van der Waals surface area contributed by atoms with Gasteiger partial charge in [0.05, 0.1) is 0 Å². The van der Waals surface area contributed by atoms with Crippen molar-refractivity contribution in [3.05, 3.63) is 0 Å². The molecule has 0 aliphatic carbocycles. The van der Waals surface area contributed by atoms with Crippen LogP contribution in [0.3, 0.4) is 0 Å². The van der Waals surface area contributed by atoms with E-state index in [0.29, 0.717) is 0 Å². The Morgan fingerprint density at radius 1 is 0.833 bits per heavy atom. The first-order valence-electron chi connectivity index (χ1n) is 0.577. The molecule has 0 bridgehead atoms. The third-order valence-electron chi connectivity index (χ3n) is 0. The van der Waals surface area contributed by atoms with Crippen molar-refractivity contribution in [2.24, 2.45) is 0 Å².